The highest BCUT2D eigenvalue weighted by Crippen LogP contribution is 2.13. The number of unbranched alkanes of at least 4 members (excludes halogenated alkanes) is 1. The highest BCUT2D eigenvalue weighted by atomic mass is 19.1. The number of nitrogens with one attached hydrogen (secondary N) is 2. The van der Waals surface area contributed by atoms with Crippen molar-refractivity contribution >= 4 is 11.8 Å². The molecule has 0 aliphatic rings. The van der Waals surface area contributed by atoms with E-state index in [1.54, 1.807) is 11.9 Å². The normalized spacial score (nSPS) is 12.7. The van der Waals surface area contributed by atoms with Crippen LogP contribution < -0.4 is 10.6 Å². The number of benzene rings is 2. The summed E-state index contributed by atoms with van der Waals surface area (Å²) in [5.41, 5.74) is 2.63. The maximum Gasteiger partial charge on any atom is 0.222 e. The second kappa shape index (κ2) is 16.1. The minimum absolute atomic E-state index is 0.00980. The number of amides is 2. The smallest absolute Gasteiger partial charge is 0.222 e. The summed E-state index contributed by atoms with van der Waals surface area (Å²) in [4.78, 5) is 26.5. The number of hydrogen-bond acceptors (Lipinski definition) is 4. The highest BCUT2D eigenvalue weighted by Gasteiger charge is 2.22. The van der Waals surface area contributed by atoms with Crippen molar-refractivity contribution in [3.63, 3.8) is 0 Å². The van der Waals surface area contributed by atoms with E-state index >= 15 is 0 Å². The maximum atomic E-state index is 13.7. The molecule has 0 saturated heterocycles. The predicted molar refractivity (Wildman–Crippen MR) is 142 cm³/mol. The largest absolute Gasteiger partial charge is 0.390 e. The van der Waals surface area contributed by atoms with E-state index in [-0.39, 0.29) is 37.6 Å². The summed E-state index contributed by atoms with van der Waals surface area (Å²) in [6, 6.07) is 10.6. The fourth-order valence-corrected chi connectivity index (χ4v) is 4.12. The van der Waals surface area contributed by atoms with Crippen molar-refractivity contribution in [2.45, 2.75) is 77.5 Å². The van der Waals surface area contributed by atoms with Gasteiger partial charge in [0, 0.05) is 45.6 Å². The van der Waals surface area contributed by atoms with Gasteiger partial charge in [0.1, 0.15) is 11.6 Å². The quantitative estimate of drug-likeness (QED) is 0.313. The molecule has 2 aromatic rings. The Labute approximate surface area is 219 Å². The minimum Gasteiger partial charge on any atom is -0.390 e. The van der Waals surface area contributed by atoms with Gasteiger partial charge in [0.05, 0.1) is 12.1 Å². The van der Waals surface area contributed by atoms with Crippen LogP contribution >= 0.6 is 0 Å². The Bertz CT molecular complexity index is 982. The molecule has 8 heteroatoms. The van der Waals surface area contributed by atoms with Gasteiger partial charge in [0.25, 0.3) is 0 Å². The molecule has 6 nitrogen and oxygen atoms in total. The van der Waals surface area contributed by atoms with Crippen LogP contribution in [0.25, 0.3) is 0 Å². The number of carbonyl (C=O) groups excluding carboxylic acids is 2. The summed E-state index contributed by atoms with van der Waals surface area (Å²) in [7, 11) is 1.76. The Morgan fingerprint density at radius 3 is 2.35 bits per heavy atom. The third kappa shape index (κ3) is 11.4. The monoisotopic (exact) mass is 517 g/mol. The van der Waals surface area contributed by atoms with Crippen molar-refractivity contribution in [2.24, 2.45) is 0 Å². The second-order valence-electron chi connectivity index (χ2n) is 9.55. The molecular weight excluding hydrogens is 476 g/mol. The number of aliphatic hydroxyl groups is 1. The molecule has 0 radical (unpaired) electrons. The van der Waals surface area contributed by atoms with E-state index in [4.69, 9.17) is 0 Å². The molecule has 2 atom stereocenters. The molecule has 3 N–H and O–H groups in total. The Hall–Kier alpha value is -2.84. The van der Waals surface area contributed by atoms with E-state index in [9.17, 15) is 23.5 Å². The molecule has 0 bridgehead atoms. The summed E-state index contributed by atoms with van der Waals surface area (Å²) in [6.07, 6.45) is 2.68. The van der Waals surface area contributed by atoms with E-state index in [1.807, 2.05) is 12.1 Å². The molecule has 0 saturated carbocycles. The van der Waals surface area contributed by atoms with Gasteiger partial charge in [-0.2, -0.15) is 0 Å². The lowest BCUT2D eigenvalue weighted by Crippen LogP contribution is -2.48. The number of halogens is 2. The average Bonchev–Trinajstić information content (AvgIpc) is 2.86. The zero-order chi connectivity index (χ0) is 27.2. The Morgan fingerprint density at radius 1 is 0.973 bits per heavy atom. The maximum absolute atomic E-state index is 13.7. The molecule has 2 unspecified atom stereocenters. The van der Waals surface area contributed by atoms with E-state index in [0.29, 0.717) is 25.1 Å². The summed E-state index contributed by atoms with van der Waals surface area (Å²) < 4.78 is 27.5. The summed E-state index contributed by atoms with van der Waals surface area (Å²) in [5.74, 6) is -1.76. The van der Waals surface area contributed by atoms with E-state index < -0.39 is 23.8 Å². The lowest BCUT2D eigenvalue weighted by atomic mass is 10.00. The van der Waals surface area contributed by atoms with Gasteiger partial charge in [-0.15, -0.1) is 0 Å². The minimum atomic E-state index is -0.994. The molecule has 0 aliphatic heterocycles. The summed E-state index contributed by atoms with van der Waals surface area (Å²) in [6.45, 7) is 5.55. The molecule has 37 heavy (non-hydrogen) atoms. The number of aryl methyl sites for hydroxylation is 1. The van der Waals surface area contributed by atoms with E-state index in [1.165, 1.54) is 17.7 Å². The molecule has 2 aromatic carbocycles. The lowest BCUT2D eigenvalue weighted by molar-refractivity contribution is -0.130. The lowest BCUT2D eigenvalue weighted by Gasteiger charge is -2.25. The summed E-state index contributed by atoms with van der Waals surface area (Å²) in [5, 5.41) is 16.9. The van der Waals surface area contributed by atoms with Gasteiger partial charge < -0.3 is 20.6 Å². The second-order valence-corrected chi connectivity index (χ2v) is 9.55. The fourth-order valence-electron chi connectivity index (χ4n) is 4.12. The van der Waals surface area contributed by atoms with Crippen LogP contribution in [0.4, 0.5) is 8.78 Å². The first-order valence-electron chi connectivity index (χ1n) is 13.2. The van der Waals surface area contributed by atoms with Gasteiger partial charge in [-0.05, 0) is 54.5 Å². The standard InChI is InChI=1S/C29H41F2N3O3/c1-4-6-13-34(3)29(37)12-8-11-28(36)33-26(17-23-15-24(30)18-25(31)16-23)27(35)20-32-19-22-10-7-9-21(5-2)14-22/h7,9-10,14-16,18,26-27,32,35H,4-6,8,11-13,17,19-20H2,1-3H3,(H,33,36). The van der Waals surface area contributed by atoms with Crippen LogP contribution in [0.5, 0.6) is 0 Å². The van der Waals surface area contributed by atoms with Crippen LogP contribution in [0.15, 0.2) is 42.5 Å². The molecule has 2 rings (SSSR count). The van der Waals surface area contributed by atoms with Crippen LogP contribution in [0.3, 0.4) is 0 Å². The summed E-state index contributed by atoms with van der Waals surface area (Å²) >= 11 is 0. The van der Waals surface area contributed by atoms with Gasteiger partial charge in [0.2, 0.25) is 11.8 Å². The van der Waals surface area contributed by atoms with Gasteiger partial charge in [0.15, 0.2) is 0 Å². The molecule has 204 valence electrons. The number of nitrogens with zero attached hydrogens (tertiary/aromatic N) is 1. The molecule has 2 amide bonds. The molecule has 0 aromatic heterocycles. The van der Waals surface area contributed by atoms with Crippen molar-refractivity contribution in [1.82, 2.24) is 15.5 Å². The fraction of sp³-hybridized carbons (Fsp3) is 0.517. The SMILES string of the molecule is CCCCN(C)C(=O)CCCC(=O)NC(Cc1cc(F)cc(F)c1)C(O)CNCc1cccc(CC)c1. The number of aliphatic hydroxyl groups excluding tert-OH is 1. The average molecular weight is 518 g/mol. The molecule has 0 fully saturated rings. The Kier molecular flexibility index (Phi) is 13.2. The molecule has 0 aliphatic carbocycles. The third-order valence-electron chi connectivity index (χ3n) is 6.34. The number of rotatable bonds is 16. The Morgan fingerprint density at radius 2 is 1.68 bits per heavy atom. The number of hydrogen-bond donors (Lipinski definition) is 3. The van der Waals surface area contributed by atoms with Crippen LogP contribution in [-0.2, 0) is 29.0 Å². The molecule has 0 spiro atoms. The van der Waals surface area contributed by atoms with Crippen LogP contribution in [-0.4, -0.2) is 54.1 Å². The van der Waals surface area contributed by atoms with E-state index in [0.717, 1.165) is 30.9 Å². The van der Waals surface area contributed by atoms with Gasteiger partial charge in [-0.25, -0.2) is 8.78 Å². The van der Waals surface area contributed by atoms with Crippen molar-refractivity contribution in [3.05, 3.63) is 70.8 Å². The predicted octanol–water partition coefficient (Wildman–Crippen LogP) is 4.13. The van der Waals surface area contributed by atoms with Gasteiger partial charge in [-0.3, -0.25) is 9.59 Å². The highest BCUT2D eigenvalue weighted by molar-refractivity contribution is 5.79. The van der Waals surface area contributed by atoms with Crippen molar-refractivity contribution in [2.75, 3.05) is 20.1 Å². The molecular formula is C29H41F2N3O3. The topological polar surface area (TPSA) is 81.7 Å². The van der Waals surface area contributed by atoms with Crippen molar-refractivity contribution in [1.29, 1.82) is 0 Å². The van der Waals surface area contributed by atoms with Crippen LogP contribution in [0.2, 0.25) is 0 Å². The van der Waals surface area contributed by atoms with Crippen molar-refractivity contribution < 1.29 is 23.5 Å². The van der Waals surface area contributed by atoms with Crippen LogP contribution in [0.1, 0.15) is 62.6 Å². The van der Waals surface area contributed by atoms with Crippen molar-refractivity contribution in [3.8, 4) is 0 Å². The first-order chi connectivity index (χ1) is 17.7. The molecule has 0 heterocycles. The third-order valence-corrected chi connectivity index (χ3v) is 6.34. The number of carbonyl (C=O) groups is 2. The first kappa shape index (κ1) is 30.4. The van der Waals surface area contributed by atoms with Gasteiger partial charge in [-0.1, -0.05) is 44.5 Å². The Balaban J connectivity index is 1.95. The van der Waals surface area contributed by atoms with Crippen LogP contribution in [0, 0.1) is 11.6 Å². The zero-order valence-electron chi connectivity index (χ0n) is 22.2. The van der Waals surface area contributed by atoms with Gasteiger partial charge >= 0.3 is 0 Å². The first-order valence-corrected chi connectivity index (χ1v) is 13.2. The van der Waals surface area contributed by atoms with E-state index in [2.05, 4.69) is 36.6 Å². The zero-order valence-corrected chi connectivity index (χ0v) is 22.2.